The van der Waals surface area contributed by atoms with Crippen molar-refractivity contribution < 1.29 is 4.79 Å². The van der Waals surface area contributed by atoms with Crippen LogP contribution in [0.4, 0.5) is 5.82 Å². The number of hydrogen-bond acceptors (Lipinski definition) is 6. The second-order valence-electron chi connectivity index (χ2n) is 7.11. The Kier molecular flexibility index (Phi) is 5.15. The van der Waals surface area contributed by atoms with Gasteiger partial charge in [-0.25, -0.2) is 9.97 Å². The molecule has 3 aromatic rings. The van der Waals surface area contributed by atoms with E-state index in [1.165, 1.54) is 6.33 Å². The minimum atomic E-state index is 0.0102. The van der Waals surface area contributed by atoms with Crippen molar-refractivity contribution in [2.75, 3.05) is 45.2 Å². The summed E-state index contributed by atoms with van der Waals surface area (Å²) >= 11 is 6.29. The van der Waals surface area contributed by atoms with Crippen LogP contribution >= 0.6 is 11.6 Å². The summed E-state index contributed by atoms with van der Waals surface area (Å²) in [6.07, 6.45) is 4.92. The van der Waals surface area contributed by atoms with Gasteiger partial charge in [-0.15, -0.1) is 0 Å². The van der Waals surface area contributed by atoms with Crippen LogP contribution in [-0.4, -0.2) is 75.9 Å². The monoisotopic (exact) mass is 399 g/mol. The van der Waals surface area contributed by atoms with E-state index in [0.717, 1.165) is 29.1 Å². The van der Waals surface area contributed by atoms with Crippen molar-refractivity contribution in [1.29, 1.82) is 0 Å². The molecule has 146 valence electrons. The van der Waals surface area contributed by atoms with Gasteiger partial charge < -0.3 is 19.7 Å². The van der Waals surface area contributed by atoms with Crippen molar-refractivity contribution in [3.05, 3.63) is 47.1 Å². The number of rotatable bonds is 4. The van der Waals surface area contributed by atoms with Crippen LogP contribution in [0.5, 0.6) is 0 Å². The summed E-state index contributed by atoms with van der Waals surface area (Å²) in [5.41, 5.74) is 2.29. The van der Waals surface area contributed by atoms with Gasteiger partial charge in [0.05, 0.1) is 21.7 Å². The van der Waals surface area contributed by atoms with Gasteiger partial charge in [0.2, 0.25) is 0 Å². The van der Waals surface area contributed by atoms with E-state index in [-0.39, 0.29) is 5.91 Å². The van der Waals surface area contributed by atoms with E-state index in [9.17, 15) is 4.79 Å². The zero-order valence-electron chi connectivity index (χ0n) is 15.9. The Morgan fingerprint density at radius 1 is 1.18 bits per heavy atom. The standard InChI is InChI=1S/C19H22ClN7O/c1-25(2)11-14-4-3-13(9-21-14)19(28)27-7-5-26(6-8-27)18-16-15(20)10-22-17(16)23-12-24-18/h3-4,9-10,12H,5-8,11H2,1-2H3,(H,22,23,24). The molecule has 9 heteroatoms. The van der Waals surface area contributed by atoms with Gasteiger partial charge in [-0.1, -0.05) is 11.6 Å². The van der Waals surface area contributed by atoms with E-state index in [0.29, 0.717) is 36.8 Å². The highest BCUT2D eigenvalue weighted by Gasteiger charge is 2.25. The van der Waals surface area contributed by atoms with E-state index < -0.39 is 0 Å². The van der Waals surface area contributed by atoms with Crippen LogP contribution in [0.1, 0.15) is 16.1 Å². The lowest BCUT2D eigenvalue weighted by Crippen LogP contribution is -2.49. The topological polar surface area (TPSA) is 81.3 Å². The molecular formula is C19H22ClN7O. The Morgan fingerprint density at radius 2 is 1.96 bits per heavy atom. The molecule has 0 aliphatic carbocycles. The number of anilines is 1. The molecule has 4 heterocycles. The Balaban J connectivity index is 1.43. The van der Waals surface area contributed by atoms with Gasteiger partial charge >= 0.3 is 0 Å². The molecule has 1 N–H and O–H groups in total. The lowest BCUT2D eigenvalue weighted by molar-refractivity contribution is 0.0746. The molecule has 8 nitrogen and oxygen atoms in total. The van der Waals surface area contributed by atoms with Crippen LogP contribution in [0.15, 0.2) is 30.9 Å². The number of nitrogens with zero attached hydrogens (tertiary/aromatic N) is 6. The highest BCUT2D eigenvalue weighted by Crippen LogP contribution is 2.30. The van der Waals surface area contributed by atoms with Crippen LogP contribution < -0.4 is 4.90 Å². The lowest BCUT2D eigenvalue weighted by atomic mass is 10.2. The first kappa shape index (κ1) is 18.6. The number of aromatic nitrogens is 4. The zero-order chi connectivity index (χ0) is 19.7. The largest absolute Gasteiger partial charge is 0.352 e. The highest BCUT2D eigenvalue weighted by atomic mass is 35.5. The first-order chi connectivity index (χ1) is 13.5. The molecule has 1 aliphatic heterocycles. The maximum absolute atomic E-state index is 12.8. The molecule has 0 radical (unpaired) electrons. The molecule has 0 spiro atoms. The number of halogens is 1. The number of amides is 1. The second-order valence-corrected chi connectivity index (χ2v) is 7.52. The van der Waals surface area contributed by atoms with Crippen molar-refractivity contribution in [2.24, 2.45) is 0 Å². The Morgan fingerprint density at radius 3 is 2.64 bits per heavy atom. The average molecular weight is 400 g/mol. The summed E-state index contributed by atoms with van der Waals surface area (Å²) in [6, 6.07) is 3.77. The minimum Gasteiger partial charge on any atom is -0.352 e. The van der Waals surface area contributed by atoms with Crippen molar-refractivity contribution >= 4 is 34.4 Å². The number of pyridine rings is 1. The SMILES string of the molecule is CN(C)Cc1ccc(C(=O)N2CCN(c3ncnc4[nH]cc(Cl)c34)CC2)cn1. The molecule has 1 fully saturated rings. The molecule has 1 saturated heterocycles. The first-order valence-electron chi connectivity index (χ1n) is 9.14. The third-order valence-corrected chi connectivity index (χ3v) is 5.12. The highest BCUT2D eigenvalue weighted by molar-refractivity contribution is 6.36. The number of carbonyl (C=O) groups excluding carboxylic acids is 1. The number of hydrogen-bond donors (Lipinski definition) is 1. The van der Waals surface area contributed by atoms with Crippen molar-refractivity contribution in [3.63, 3.8) is 0 Å². The molecule has 0 atom stereocenters. The Bertz CT molecular complexity index is 978. The fourth-order valence-corrected chi connectivity index (χ4v) is 3.65. The van der Waals surface area contributed by atoms with Gasteiger partial charge in [-0.3, -0.25) is 9.78 Å². The summed E-state index contributed by atoms with van der Waals surface area (Å²) in [5.74, 6) is 0.814. The van der Waals surface area contributed by atoms with Crippen molar-refractivity contribution in [3.8, 4) is 0 Å². The molecule has 28 heavy (non-hydrogen) atoms. The fourth-order valence-electron chi connectivity index (χ4n) is 3.42. The molecule has 1 aliphatic rings. The molecule has 0 aromatic carbocycles. The number of fused-ring (bicyclic) bond motifs is 1. The van der Waals surface area contributed by atoms with Gasteiger partial charge in [-0.2, -0.15) is 0 Å². The van der Waals surface area contributed by atoms with E-state index in [4.69, 9.17) is 11.6 Å². The number of aromatic amines is 1. The predicted octanol–water partition coefficient (Wildman–Crippen LogP) is 2.03. The molecule has 4 rings (SSSR count). The first-order valence-corrected chi connectivity index (χ1v) is 9.52. The van der Waals surface area contributed by atoms with Gasteiger partial charge in [0.1, 0.15) is 17.8 Å². The summed E-state index contributed by atoms with van der Waals surface area (Å²) in [6.45, 7) is 3.36. The number of nitrogens with one attached hydrogen (secondary N) is 1. The molecular weight excluding hydrogens is 378 g/mol. The maximum atomic E-state index is 12.8. The van der Waals surface area contributed by atoms with Crippen molar-refractivity contribution in [2.45, 2.75) is 6.54 Å². The summed E-state index contributed by atoms with van der Waals surface area (Å²) in [5, 5.41) is 1.43. The van der Waals surface area contributed by atoms with Crippen LogP contribution in [-0.2, 0) is 6.54 Å². The van der Waals surface area contributed by atoms with Gasteiger partial charge in [0.15, 0.2) is 0 Å². The van der Waals surface area contributed by atoms with Crippen molar-refractivity contribution in [1.82, 2.24) is 29.7 Å². The molecule has 0 bridgehead atoms. The zero-order valence-corrected chi connectivity index (χ0v) is 16.6. The van der Waals surface area contributed by atoms with Crippen LogP contribution in [0.2, 0.25) is 5.02 Å². The number of carbonyl (C=O) groups is 1. The molecule has 3 aromatic heterocycles. The Hall–Kier alpha value is -2.71. The van der Waals surface area contributed by atoms with Gasteiger partial charge in [-0.05, 0) is 26.2 Å². The smallest absolute Gasteiger partial charge is 0.255 e. The normalized spacial score (nSPS) is 14.9. The van der Waals surface area contributed by atoms with Crippen LogP contribution in [0.3, 0.4) is 0 Å². The summed E-state index contributed by atoms with van der Waals surface area (Å²) in [7, 11) is 3.98. The number of piperazine rings is 1. The fraction of sp³-hybridized carbons (Fsp3) is 0.368. The van der Waals surface area contributed by atoms with E-state index in [1.807, 2.05) is 36.0 Å². The molecule has 1 amide bonds. The predicted molar refractivity (Wildman–Crippen MR) is 109 cm³/mol. The maximum Gasteiger partial charge on any atom is 0.255 e. The Labute approximate surface area is 168 Å². The van der Waals surface area contributed by atoms with Gasteiger partial charge in [0, 0.05) is 45.1 Å². The van der Waals surface area contributed by atoms with E-state index in [2.05, 4.69) is 24.8 Å². The number of H-pyrrole nitrogens is 1. The second kappa shape index (κ2) is 7.73. The van der Waals surface area contributed by atoms with Gasteiger partial charge in [0.25, 0.3) is 5.91 Å². The molecule has 0 saturated carbocycles. The van der Waals surface area contributed by atoms with E-state index in [1.54, 1.807) is 12.4 Å². The lowest BCUT2D eigenvalue weighted by Gasteiger charge is -2.35. The van der Waals surface area contributed by atoms with E-state index >= 15 is 0 Å². The van der Waals surface area contributed by atoms with Crippen LogP contribution in [0, 0.1) is 0 Å². The summed E-state index contributed by atoms with van der Waals surface area (Å²) in [4.78, 5) is 34.9. The molecule has 0 unspecified atom stereocenters. The van der Waals surface area contributed by atoms with Crippen LogP contribution in [0.25, 0.3) is 11.0 Å². The third kappa shape index (κ3) is 3.65. The third-order valence-electron chi connectivity index (χ3n) is 4.82. The average Bonchev–Trinajstić information content (AvgIpc) is 3.09. The minimum absolute atomic E-state index is 0.0102. The summed E-state index contributed by atoms with van der Waals surface area (Å²) < 4.78 is 0. The quantitative estimate of drug-likeness (QED) is 0.723.